The summed E-state index contributed by atoms with van der Waals surface area (Å²) in [5, 5.41) is 1.35. The van der Waals surface area contributed by atoms with Crippen molar-refractivity contribution in [2.24, 2.45) is 0 Å². The molecule has 6 nitrogen and oxygen atoms in total. The van der Waals surface area contributed by atoms with Gasteiger partial charge in [0.2, 0.25) is 0 Å². The molecule has 2 aromatic heterocycles. The van der Waals surface area contributed by atoms with Crippen LogP contribution in [0.25, 0.3) is 21.5 Å². The normalized spacial score (nSPS) is 10.9. The fourth-order valence-electron chi connectivity index (χ4n) is 2.98. The zero-order valence-corrected chi connectivity index (χ0v) is 16.3. The number of amides is 1. The van der Waals surface area contributed by atoms with Gasteiger partial charge in [0.1, 0.15) is 15.7 Å². The SMILES string of the molecule is Cc1nc(-c2ccccc2)sc1C(=O)N(C)Cc1nc2ccccc2c(=O)[nH]1. The zero-order chi connectivity index (χ0) is 19.7. The number of carbonyl (C=O) groups excluding carboxylic acids is 1. The van der Waals surface area contributed by atoms with Crippen LogP contribution in [0.15, 0.2) is 59.4 Å². The summed E-state index contributed by atoms with van der Waals surface area (Å²) in [5.74, 6) is 0.304. The Morgan fingerprint density at radius 2 is 1.79 bits per heavy atom. The number of aryl methyl sites for hydroxylation is 1. The molecule has 4 aromatic rings. The maximum absolute atomic E-state index is 12.9. The number of benzene rings is 2. The molecule has 0 aliphatic carbocycles. The molecule has 0 radical (unpaired) electrons. The van der Waals surface area contributed by atoms with Gasteiger partial charge in [-0.15, -0.1) is 11.3 Å². The number of thiazole rings is 1. The Morgan fingerprint density at radius 1 is 1.07 bits per heavy atom. The number of para-hydroxylation sites is 1. The minimum atomic E-state index is -0.207. The first-order valence-electron chi connectivity index (χ1n) is 8.79. The van der Waals surface area contributed by atoms with Crippen LogP contribution in [-0.2, 0) is 6.54 Å². The van der Waals surface area contributed by atoms with Gasteiger partial charge in [-0.2, -0.15) is 0 Å². The average molecular weight is 390 g/mol. The number of H-pyrrole nitrogens is 1. The lowest BCUT2D eigenvalue weighted by Crippen LogP contribution is -2.28. The van der Waals surface area contributed by atoms with E-state index in [1.54, 1.807) is 30.1 Å². The second-order valence-electron chi connectivity index (χ2n) is 6.49. The van der Waals surface area contributed by atoms with E-state index in [2.05, 4.69) is 15.0 Å². The van der Waals surface area contributed by atoms with E-state index in [1.807, 2.05) is 43.3 Å². The Balaban J connectivity index is 1.59. The molecular weight excluding hydrogens is 372 g/mol. The van der Waals surface area contributed by atoms with Crippen molar-refractivity contribution in [2.75, 3.05) is 7.05 Å². The van der Waals surface area contributed by atoms with Crippen molar-refractivity contribution < 1.29 is 4.79 Å². The summed E-state index contributed by atoms with van der Waals surface area (Å²) in [4.78, 5) is 39.1. The lowest BCUT2D eigenvalue weighted by Gasteiger charge is -2.16. The molecule has 0 spiro atoms. The predicted octanol–water partition coefficient (Wildman–Crippen LogP) is 3.63. The largest absolute Gasteiger partial charge is 0.333 e. The Morgan fingerprint density at radius 3 is 2.57 bits per heavy atom. The number of fused-ring (bicyclic) bond motifs is 1. The molecule has 28 heavy (non-hydrogen) atoms. The van der Waals surface area contributed by atoms with Gasteiger partial charge >= 0.3 is 0 Å². The molecule has 0 aliphatic rings. The topological polar surface area (TPSA) is 79.0 Å². The summed E-state index contributed by atoms with van der Waals surface area (Å²) >= 11 is 1.37. The average Bonchev–Trinajstić information content (AvgIpc) is 3.10. The second-order valence-corrected chi connectivity index (χ2v) is 7.49. The molecule has 0 aliphatic heterocycles. The maximum atomic E-state index is 12.9. The van der Waals surface area contributed by atoms with Crippen molar-refractivity contribution in [3.8, 4) is 10.6 Å². The summed E-state index contributed by atoms with van der Waals surface area (Å²) in [6, 6.07) is 16.9. The summed E-state index contributed by atoms with van der Waals surface area (Å²) in [7, 11) is 1.69. The highest BCUT2D eigenvalue weighted by Gasteiger charge is 2.20. The van der Waals surface area contributed by atoms with Crippen molar-refractivity contribution in [3.05, 3.63) is 81.3 Å². The smallest absolute Gasteiger partial charge is 0.266 e. The second kappa shape index (κ2) is 7.36. The number of aromatic nitrogens is 3. The zero-order valence-electron chi connectivity index (χ0n) is 15.5. The van der Waals surface area contributed by atoms with E-state index in [0.29, 0.717) is 27.3 Å². The molecule has 4 rings (SSSR count). The van der Waals surface area contributed by atoms with Gasteiger partial charge in [0.15, 0.2) is 0 Å². The van der Waals surface area contributed by atoms with Crippen LogP contribution >= 0.6 is 11.3 Å². The van der Waals surface area contributed by atoms with Crippen LogP contribution in [0.5, 0.6) is 0 Å². The first kappa shape index (κ1) is 18.1. The van der Waals surface area contributed by atoms with Crippen molar-refractivity contribution in [1.29, 1.82) is 0 Å². The number of nitrogens with one attached hydrogen (secondary N) is 1. The molecule has 140 valence electrons. The summed E-state index contributed by atoms with van der Waals surface area (Å²) in [6.07, 6.45) is 0. The molecule has 0 saturated carbocycles. The van der Waals surface area contributed by atoms with Crippen molar-refractivity contribution in [3.63, 3.8) is 0 Å². The lowest BCUT2D eigenvalue weighted by atomic mass is 10.2. The highest BCUT2D eigenvalue weighted by Crippen LogP contribution is 2.28. The Hall–Kier alpha value is -3.32. The fourth-order valence-corrected chi connectivity index (χ4v) is 4.04. The van der Waals surface area contributed by atoms with Crippen LogP contribution < -0.4 is 5.56 Å². The van der Waals surface area contributed by atoms with Crippen molar-refractivity contribution >= 4 is 28.1 Å². The van der Waals surface area contributed by atoms with Crippen LogP contribution in [0.2, 0.25) is 0 Å². The van der Waals surface area contributed by atoms with Gasteiger partial charge in [-0.05, 0) is 19.1 Å². The van der Waals surface area contributed by atoms with Crippen molar-refractivity contribution in [1.82, 2.24) is 19.9 Å². The van der Waals surface area contributed by atoms with Crippen LogP contribution in [0.3, 0.4) is 0 Å². The van der Waals surface area contributed by atoms with E-state index in [0.717, 1.165) is 10.6 Å². The van der Waals surface area contributed by atoms with Gasteiger partial charge in [-0.1, -0.05) is 42.5 Å². The van der Waals surface area contributed by atoms with E-state index < -0.39 is 0 Å². The number of aromatic amines is 1. The summed E-state index contributed by atoms with van der Waals surface area (Å²) < 4.78 is 0. The molecule has 0 unspecified atom stereocenters. The Labute approximate surface area is 165 Å². The number of hydrogen-bond acceptors (Lipinski definition) is 5. The number of rotatable bonds is 4. The third-order valence-electron chi connectivity index (χ3n) is 4.41. The highest BCUT2D eigenvalue weighted by atomic mass is 32.1. The molecule has 0 fully saturated rings. The van der Waals surface area contributed by atoms with Crippen molar-refractivity contribution in [2.45, 2.75) is 13.5 Å². The summed E-state index contributed by atoms with van der Waals surface area (Å²) in [5.41, 5.74) is 2.09. The molecule has 1 N–H and O–H groups in total. The molecule has 1 amide bonds. The first-order valence-corrected chi connectivity index (χ1v) is 9.61. The quantitative estimate of drug-likeness (QED) is 0.577. The first-order chi connectivity index (χ1) is 13.5. The van der Waals surface area contributed by atoms with Gasteiger partial charge in [0.25, 0.3) is 11.5 Å². The van der Waals surface area contributed by atoms with E-state index in [9.17, 15) is 9.59 Å². The van der Waals surface area contributed by atoms with Gasteiger partial charge in [-0.25, -0.2) is 9.97 Å². The number of hydrogen-bond donors (Lipinski definition) is 1. The van der Waals surface area contributed by atoms with Crippen LogP contribution in [0, 0.1) is 6.92 Å². The van der Waals surface area contributed by atoms with Gasteiger partial charge < -0.3 is 9.88 Å². The lowest BCUT2D eigenvalue weighted by molar-refractivity contribution is 0.0785. The highest BCUT2D eigenvalue weighted by molar-refractivity contribution is 7.17. The molecule has 0 bridgehead atoms. The van der Waals surface area contributed by atoms with Crippen LogP contribution in [0.4, 0.5) is 0 Å². The fraction of sp³-hybridized carbons (Fsp3) is 0.143. The molecule has 0 atom stereocenters. The van der Waals surface area contributed by atoms with Gasteiger partial charge in [0.05, 0.1) is 23.1 Å². The standard InChI is InChI=1S/C21H18N4O2S/c1-13-18(28-20(22-13)14-8-4-3-5-9-14)21(27)25(2)12-17-23-16-11-7-6-10-15(16)19(26)24-17/h3-11H,12H2,1-2H3,(H,23,24,26). The predicted molar refractivity (Wildman–Crippen MR) is 110 cm³/mol. The monoisotopic (exact) mass is 390 g/mol. The molecule has 2 aromatic carbocycles. The van der Waals surface area contributed by atoms with E-state index in [-0.39, 0.29) is 18.0 Å². The van der Waals surface area contributed by atoms with Gasteiger partial charge in [0, 0.05) is 12.6 Å². The number of carbonyl (C=O) groups is 1. The molecular formula is C21H18N4O2S. The number of nitrogens with zero attached hydrogens (tertiary/aromatic N) is 3. The van der Waals surface area contributed by atoms with Crippen LogP contribution in [-0.4, -0.2) is 32.8 Å². The third kappa shape index (κ3) is 3.44. The molecule has 7 heteroatoms. The summed E-state index contributed by atoms with van der Waals surface area (Å²) in [6.45, 7) is 2.04. The van der Waals surface area contributed by atoms with E-state index in [4.69, 9.17) is 0 Å². The minimum absolute atomic E-state index is 0.145. The van der Waals surface area contributed by atoms with E-state index >= 15 is 0 Å². The minimum Gasteiger partial charge on any atom is -0.333 e. The van der Waals surface area contributed by atoms with E-state index in [1.165, 1.54) is 11.3 Å². The Bertz CT molecular complexity index is 1210. The Kier molecular flexibility index (Phi) is 4.75. The van der Waals surface area contributed by atoms with Gasteiger partial charge in [-0.3, -0.25) is 9.59 Å². The third-order valence-corrected chi connectivity index (χ3v) is 5.60. The maximum Gasteiger partial charge on any atom is 0.266 e. The molecule has 0 saturated heterocycles. The molecule has 2 heterocycles. The van der Waals surface area contributed by atoms with Crippen LogP contribution in [0.1, 0.15) is 21.2 Å².